The third kappa shape index (κ3) is 3.26. The van der Waals surface area contributed by atoms with Gasteiger partial charge in [-0.15, -0.1) is 0 Å². The molecular weight excluding hydrogens is 373 g/mol. The molecule has 0 heterocycles. The highest BCUT2D eigenvalue weighted by molar-refractivity contribution is 9.10. The van der Waals surface area contributed by atoms with Gasteiger partial charge < -0.3 is 10.1 Å². The molecule has 0 spiro atoms. The quantitative estimate of drug-likeness (QED) is 0.705. The van der Waals surface area contributed by atoms with Crippen molar-refractivity contribution in [3.05, 3.63) is 76.0 Å². The van der Waals surface area contributed by atoms with Crippen LogP contribution in [-0.4, -0.2) is 13.0 Å². The van der Waals surface area contributed by atoms with Gasteiger partial charge in [-0.25, -0.2) is 4.39 Å². The Kier molecular flexibility index (Phi) is 4.81. The Morgan fingerprint density at radius 3 is 2.71 bits per heavy atom. The number of hydrogen-bond acceptors (Lipinski definition) is 2. The predicted octanol–water partition coefficient (Wildman–Crippen LogP) is 4.68. The largest absolute Gasteiger partial charge is 0.496 e. The van der Waals surface area contributed by atoms with Gasteiger partial charge in [0.25, 0.3) is 5.91 Å². The molecule has 0 aliphatic heterocycles. The summed E-state index contributed by atoms with van der Waals surface area (Å²) < 4.78 is 20.1. The van der Waals surface area contributed by atoms with Crippen LogP contribution in [0.3, 0.4) is 0 Å². The summed E-state index contributed by atoms with van der Waals surface area (Å²) in [5, 5.41) is 4.77. The zero-order valence-corrected chi connectivity index (χ0v) is 14.6. The topological polar surface area (TPSA) is 38.3 Å². The summed E-state index contributed by atoms with van der Waals surface area (Å²) >= 11 is 3.45. The highest BCUT2D eigenvalue weighted by Crippen LogP contribution is 2.30. The lowest BCUT2D eigenvalue weighted by atomic mass is 10.0. The molecule has 122 valence electrons. The van der Waals surface area contributed by atoms with Crippen molar-refractivity contribution in [2.45, 2.75) is 6.54 Å². The molecule has 0 saturated carbocycles. The Labute approximate surface area is 147 Å². The second-order valence-corrected chi connectivity index (χ2v) is 6.19. The molecule has 0 unspecified atom stereocenters. The van der Waals surface area contributed by atoms with E-state index in [0.717, 1.165) is 20.8 Å². The van der Waals surface area contributed by atoms with E-state index in [4.69, 9.17) is 4.74 Å². The van der Waals surface area contributed by atoms with E-state index in [1.165, 1.54) is 12.1 Å². The fourth-order valence-corrected chi connectivity index (χ4v) is 3.01. The Hall–Kier alpha value is -2.40. The molecule has 0 bridgehead atoms. The molecule has 3 aromatic carbocycles. The fourth-order valence-electron chi connectivity index (χ4n) is 2.63. The van der Waals surface area contributed by atoms with E-state index in [9.17, 15) is 9.18 Å². The van der Waals surface area contributed by atoms with Crippen molar-refractivity contribution < 1.29 is 13.9 Å². The minimum Gasteiger partial charge on any atom is -0.496 e. The molecule has 0 aromatic heterocycles. The summed E-state index contributed by atoms with van der Waals surface area (Å²) in [6.45, 7) is 0.245. The summed E-state index contributed by atoms with van der Waals surface area (Å²) in [5.74, 6) is -0.313. The first-order valence-corrected chi connectivity index (χ1v) is 8.17. The van der Waals surface area contributed by atoms with Crippen molar-refractivity contribution in [3.63, 3.8) is 0 Å². The monoisotopic (exact) mass is 387 g/mol. The number of fused-ring (bicyclic) bond motifs is 1. The molecule has 24 heavy (non-hydrogen) atoms. The number of amides is 1. The molecule has 0 saturated heterocycles. The first-order valence-electron chi connectivity index (χ1n) is 7.38. The number of ether oxygens (including phenoxy) is 1. The summed E-state index contributed by atoms with van der Waals surface area (Å²) in [7, 11) is 1.59. The molecule has 3 aromatic rings. The van der Waals surface area contributed by atoms with E-state index in [2.05, 4.69) is 21.2 Å². The first kappa shape index (κ1) is 16.5. The number of nitrogens with one attached hydrogen (secondary N) is 1. The van der Waals surface area contributed by atoms with E-state index in [1.807, 2.05) is 30.3 Å². The Morgan fingerprint density at radius 1 is 1.17 bits per heavy atom. The van der Waals surface area contributed by atoms with Gasteiger partial charge in [0.05, 0.1) is 12.7 Å². The molecular formula is C19H15BrFNO2. The molecule has 0 radical (unpaired) electrons. The van der Waals surface area contributed by atoms with Gasteiger partial charge in [0, 0.05) is 16.6 Å². The minimum absolute atomic E-state index is 0.0273. The molecule has 0 fully saturated rings. The molecule has 5 heteroatoms. The van der Waals surface area contributed by atoms with Crippen LogP contribution in [0.25, 0.3) is 10.8 Å². The Bertz CT molecular complexity index is 911. The normalized spacial score (nSPS) is 10.6. The molecule has 0 aliphatic carbocycles. The summed E-state index contributed by atoms with van der Waals surface area (Å²) in [6, 6.07) is 15.6. The van der Waals surface area contributed by atoms with Gasteiger partial charge in [-0.2, -0.15) is 0 Å². The van der Waals surface area contributed by atoms with Crippen LogP contribution in [0.5, 0.6) is 5.75 Å². The number of methoxy groups -OCH3 is 1. The van der Waals surface area contributed by atoms with Gasteiger partial charge >= 0.3 is 0 Å². The van der Waals surface area contributed by atoms with E-state index in [0.29, 0.717) is 5.75 Å². The fraction of sp³-hybridized carbons (Fsp3) is 0.105. The lowest BCUT2D eigenvalue weighted by Crippen LogP contribution is -2.24. The average Bonchev–Trinajstić information content (AvgIpc) is 2.59. The second kappa shape index (κ2) is 7.01. The highest BCUT2D eigenvalue weighted by atomic mass is 79.9. The van der Waals surface area contributed by atoms with Crippen LogP contribution in [0.1, 0.15) is 15.9 Å². The van der Waals surface area contributed by atoms with Gasteiger partial charge in [0.15, 0.2) is 0 Å². The third-order valence-electron chi connectivity index (χ3n) is 3.81. The lowest BCUT2D eigenvalue weighted by molar-refractivity contribution is 0.0947. The Morgan fingerprint density at radius 2 is 1.96 bits per heavy atom. The summed E-state index contributed by atoms with van der Waals surface area (Å²) in [5.41, 5.74) is 0.881. The van der Waals surface area contributed by atoms with Crippen LogP contribution in [0.15, 0.2) is 59.1 Å². The lowest BCUT2D eigenvalue weighted by Gasteiger charge is -2.13. The molecule has 3 rings (SSSR count). The second-order valence-electron chi connectivity index (χ2n) is 5.27. The first-order chi connectivity index (χ1) is 11.6. The zero-order chi connectivity index (χ0) is 17.1. The number of rotatable bonds is 4. The van der Waals surface area contributed by atoms with Crippen LogP contribution in [0.2, 0.25) is 0 Å². The molecule has 0 atom stereocenters. The maximum atomic E-state index is 13.7. The SMILES string of the molecule is COc1ccc2cc(Br)ccc2c1CNC(=O)c1ccccc1F. The van der Waals surface area contributed by atoms with E-state index in [-0.39, 0.29) is 12.1 Å². The van der Waals surface area contributed by atoms with Crippen molar-refractivity contribution >= 4 is 32.6 Å². The number of halogens is 2. The van der Waals surface area contributed by atoms with E-state index >= 15 is 0 Å². The predicted molar refractivity (Wildman–Crippen MR) is 95.8 cm³/mol. The van der Waals surface area contributed by atoms with Gasteiger partial charge in [0.2, 0.25) is 0 Å². The van der Waals surface area contributed by atoms with Crippen molar-refractivity contribution in [1.29, 1.82) is 0 Å². The van der Waals surface area contributed by atoms with Crippen molar-refractivity contribution in [1.82, 2.24) is 5.32 Å². The van der Waals surface area contributed by atoms with Gasteiger partial charge in [-0.3, -0.25) is 4.79 Å². The maximum Gasteiger partial charge on any atom is 0.254 e. The van der Waals surface area contributed by atoms with Crippen LogP contribution < -0.4 is 10.1 Å². The number of carbonyl (C=O) groups is 1. The standard InChI is InChI=1S/C19H15BrFNO2/c1-24-18-9-6-12-10-13(20)7-8-14(12)16(18)11-22-19(23)15-4-2-3-5-17(15)21/h2-10H,11H2,1H3,(H,22,23). The van der Waals surface area contributed by atoms with E-state index in [1.54, 1.807) is 19.2 Å². The number of hydrogen-bond donors (Lipinski definition) is 1. The molecule has 1 amide bonds. The number of carbonyl (C=O) groups excluding carboxylic acids is 1. The Balaban J connectivity index is 1.92. The van der Waals surface area contributed by atoms with E-state index < -0.39 is 11.7 Å². The van der Waals surface area contributed by atoms with Crippen LogP contribution in [0.4, 0.5) is 4.39 Å². The molecule has 0 aliphatic rings. The zero-order valence-electron chi connectivity index (χ0n) is 13.0. The molecule has 3 nitrogen and oxygen atoms in total. The van der Waals surface area contributed by atoms with Crippen LogP contribution in [0, 0.1) is 5.82 Å². The van der Waals surface area contributed by atoms with Crippen molar-refractivity contribution in [3.8, 4) is 5.75 Å². The van der Waals surface area contributed by atoms with Crippen molar-refractivity contribution in [2.75, 3.05) is 7.11 Å². The highest BCUT2D eigenvalue weighted by Gasteiger charge is 2.13. The minimum atomic E-state index is -0.538. The smallest absolute Gasteiger partial charge is 0.254 e. The number of benzene rings is 3. The van der Waals surface area contributed by atoms with Gasteiger partial charge in [-0.1, -0.05) is 40.2 Å². The van der Waals surface area contributed by atoms with Crippen LogP contribution in [-0.2, 0) is 6.54 Å². The maximum absolute atomic E-state index is 13.7. The average molecular weight is 388 g/mol. The van der Waals surface area contributed by atoms with Gasteiger partial charge in [0.1, 0.15) is 11.6 Å². The molecule has 1 N–H and O–H groups in total. The van der Waals surface area contributed by atoms with Crippen molar-refractivity contribution in [2.24, 2.45) is 0 Å². The summed E-state index contributed by atoms with van der Waals surface area (Å²) in [6.07, 6.45) is 0. The summed E-state index contributed by atoms with van der Waals surface area (Å²) in [4.78, 5) is 12.2. The van der Waals surface area contributed by atoms with Crippen LogP contribution >= 0.6 is 15.9 Å². The van der Waals surface area contributed by atoms with Gasteiger partial charge in [-0.05, 0) is 41.1 Å². The third-order valence-corrected chi connectivity index (χ3v) is 4.31.